The van der Waals surface area contributed by atoms with Crippen LogP contribution in [0.1, 0.15) is 15.9 Å². The van der Waals surface area contributed by atoms with Crippen molar-refractivity contribution in [1.82, 2.24) is 5.48 Å². The first-order valence-corrected chi connectivity index (χ1v) is 3.74. The highest BCUT2D eigenvalue weighted by Crippen LogP contribution is 2.09. The van der Waals surface area contributed by atoms with Crippen molar-refractivity contribution in [3.05, 3.63) is 35.1 Å². The molecule has 0 saturated carbocycles. The first-order valence-electron chi connectivity index (χ1n) is 3.74. The Morgan fingerprint density at radius 3 is 2.77 bits per heavy atom. The number of aryl methyl sites for hydroxylation is 1. The quantitative estimate of drug-likeness (QED) is 0.704. The SMILES string of the molecule is CONC(=O)c1ccc(C)cc1F. The highest BCUT2D eigenvalue weighted by molar-refractivity contribution is 5.93. The first-order chi connectivity index (χ1) is 6.15. The molecule has 1 aromatic rings. The summed E-state index contributed by atoms with van der Waals surface area (Å²) in [5.41, 5.74) is 2.79. The number of hydrogen-bond acceptors (Lipinski definition) is 2. The van der Waals surface area contributed by atoms with E-state index >= 15 is 0 Å². The fraction of sp³-hybridized carbons (Fsp3) is 0.222. The molecule has 0 fully saturated rings. The third-order valence-corrected chi connectivity index (χ3v) is 1.56. The minimum atomic E-state index is -0.583. The fourth-order valence-corrected chi connectivity index (χ4v) is 0.952. The molecule has 1 amide bonds. The monoisotopic (exact) mass is 183 g/mol. The van der Waals surface area contributed by atoms with E-state index in [0.29, 0.717) is 0 Å². The molecular formula is C9H10FNO2. The van der Waals surface area contributed by atoms with Gasteiger partial charge >= 0.3 is 0 Å². The molecule has 0 radical (unpaired) electrons. The van der Waals surface area contributed by atoms with Crippen molar-refractivity contribution in [2.75, 3.05) is 7.11 Å². The molecule has 0 aliphatic heterocycles. The first kappa shape index (κ1) is 9.67. The molecule has 1 N–H and O–H groups in total. The van der Waals surface area contributed by atoms with E-state index in [1.54, 1.807) is 13.0 Å². The molecule has 1 aromatic carbocycles. The Kier molecular flexibility index (Phi) is 2.97. The number of hydroxylamine groups is 1. The van der Waals surface area contributed by atoms with Crippen molar-refractivity contribution < 1.29 is 14.0 Å². The number of rotatable bonds is 2. The average Bonchev–Trinajstić information content (AvgIpc) is 2.04. The van der Waals surface area contributed by atoms with E-state index in [1.807, 2.05) is 5.48 Å². The summed E-state index contributed by atoms with van der Waals surface area (Å²) in [6.07, 6.45) is 0. The third kappa shape index (κ3) is 2.26. The second-order valence-corrected chi connectivity index (χ2v) is 2.62. The van der Waals surface area contributed by atoms with Gasteiger partial charge in [0.2, 0.25) is 0 Å². The zero-order valence-electron chi connectivity index (χ0n) is 7.43. The van der Waals surface area contributed by atoms with Gasteiger partial charge in [-0.15, -0.1) is 0 Å². The predicted molar refractivity (Wildman–Crippen MR) is 45.6 cm³/mol. The molecular weight excluding hydrogens is 173 g/mol. The lowest BCUT2D eigenvalue weighted by molar-refractivity contribution is 0.0533. The Hall–Kier alpha value is -1.42. The van der Waals surface area contributed by atoms with Gasteiger partial charge in [0.25, 0.3) is 5.91 Å². The van der Waals surface area contributed by atoms with Gasteiger partial charge in [0.15, 0.2) is 0 Å². The Morgan fingerprint density at radius 1 is 1.54 bits per heavy atom. The number of carbonyl (C=O) groups excluding carboxylic acids is 1. The normalized spacial score (nSPS) is 9.77. The molecule has 0 atom stereocenters. The van der Waals surface area contributed by atoms with Crippen LogP contribution >= 0.6 is 0 Å². The van der Waals surface area contributed by atoms with Crippen LogP contribution in [0, 0.1) is 12.7 Å². The molecule has 0 aliphatic carbocycles. The molecule has 70 valence electrons. The Morgan fingerprint density at radius 2 is 2.23 bits per heavy atom. The van der Waals surface area contributed by atoms with Crippen LogP contribution in [0.25, 0.3) is 0 Å². The molecule has 0 bridgehead atoms. The van der Waals surface area contributed by atoms with Crippen molar-refractivity contribution in [1.29, 1.82) is 0 Å². The van der Waals surface area contributed by atoms with Gasteiger partial charge in [-0.1, -0.05) is 6.07 Å². The van der Waals surface area contributed by atoms with Gasteiger partial charge in [0.1, 0.15) is 5.82 Å². The summed E-state index contributed by atoms with van der Waals surface area (Å²) in [5.74, 6) is -1.13. The zero-order chi connectivity index (χ0) is 9.84. The van der Waals surface area contributed by atoms with Gasteiger partial charge < -0.3 is 0 Å². The van der Waals surface area contributed by atoms with E-state index in [2.05, 4.69) is 4.84 Å². The molecule has 0 unspecified atom stereocenters. The molecule has 13 heavy (non-hydrogen) atoms. The van der Waals surface area contributed by atoms with Crippen LogP contribution in [0.3, 0.4) is 0 Å². The Labute approximate surface area is 75.5 Å². The summed E-state index contributed by atoms with van der Waals surface area (Å²) in [5, 5.41) is 0. The second kappa shape index (κ2) is 4.00. The summed E-state index contributed by atoms with van der Waals surface area (Å²) in [4.78, 5) is 15.5. The van der Waals surface area contributed by atoms with Crippen molar-refractivity contribution in [2.24, 2.45) is 0 Å². The van der Waals surface area contributed by atoms with E-state index in [-0.39, 0.29) is 5.56 Å². The molecule has 0 heterocycles. The van der Waals surface area contributed by atoms with Crippen LogP contribution in [0.4, 0.5) is 4.39 Å². The molecule has 1 rings (SSSR count). The van der Waals surface area contributed by atoms with Crippen LogP contribution < -0.4 is 5.48 Å². The van der Waals surface area contributed by atoms with E-state index in [9.17, 15) is 9.18 Å². The maximum atomic E-state index is 13.1. The Balaban J connectivity index is 2.95. The summed E-state index contributed by atoms with van der Waals surface area (Å²) < 4.78 is 13.1. The summed E-state index contributed by atoms with van der Waals surface area (Å²) in [7, 11) is 1.30. The maximum absolute atomic E-state index is 13.1. The van der Waals surface area contributed by atoms with Gasteiger partial charge in [0.05, 0.1) is 12.7 Å². The van der Waals surface area contributed by atoms with Crippen molar-refractivity contribution in [3.63, 3.8) is 0 Å². The Bertz CT molecular complexity index is 325. The molecule has 3 nitrogen and oxygen atoms in total. The second-order valence-electron chi connectivity index (χ2n) is 2.62. The fourth-order valence-electron chi connectivity index (χ4n) is 0.952. The minimum Gasteiger partial charge on any atom is -0.277 e. The summed E-state index contributed by atoms with van der Waals surface area (Å²) >= 11 is 0. The largest absolute Gasteiger partial charge is 0.277 e. The van der Waals surface area contributed by atoms with Crippen LogP contribution in [0.15, 0.2) is 18.2 Å². The standard InChI is InChI=1S/C9H10FNO2/c1-6-3-4-7(8(10)5-6)9(12)11-13-2/h3-5H,1-2H3,(H,11,12). The smallest absolute Gasteiger partial charge is 0.277 e. The highest BCUT2D eigenvalue weighted by atomic mass is 19.1. The summed E-state index contributed by atoms with van der Waals surface area (Å²) in [6.45, 7) is 1.75. The summed E-state index contributed by atoms with van der Waals surface area (Å²) in [6, 6.07) is 4.37. The molecule has 4 heteroatoms. The van der Waals surface area contributed by atoms with Crippen LogP contribution in [0.5, 0.6) is 0 Å². The minimum absolute atomic E-state index is 0.0209. The molecule has 0 spiro atoms. The molecule has 0 aromatic heterocycles. The number of carbonyl (C=O) groups is 1. The van der Waals surface area contributed by atoms with Crippen LogP contribution in [-0.2, 0) is 4.84 Å². The lowest BCUT2D eigenvalue weighted by Gasteiger charge is -2.03. The number of amides is 1. The van der Waals surface area contributed by atoms with Crippen molar-refractivity contribution in [2.45, 2.75) is 6.92 Å². The van der Waals surface area contributed by atoms with Crippen LogP contribution in [-0.4, -0.2) is 13.0 Å². The lowest BCUT2D eigenvalue weighted by Crippen LogP contribution is -2.22. The van der Waals surface area contributed by atoms with Gasteiger partial charge in [-0.2, -0.15) is 0 Å². The van der Waals surface area contributed by atoms with E-state index in [4.69, 9.17) is 0 Å². The van der Waals surface area contributed by atoms with Crippen molar-refractivity contribution in [3.8, 4) is 0 Å². The van der Waals surface area contributed by atoms with Gasteiger partial charge in [-0.05, 0) is 24.6 Å². The third-order valence-electron chi connectivity index (χ3n) is 1.56. The number of nitrogens with one attached hydrogen (secondary N) is 1. The van der Waals surface area contributed by atoms with E-state index < -0.39 is 11.7 Å². The number of halogens is 1. The predicted octanol–water partition coefficient (Wildman–Crippen LogP) is 1.43. The highest BCUT2D eigenvalue weighted by Gasteiger charge is 2.10. The number of benzene rings is 1. The van der Waals surface area contributed by atoms with Gasteiger partial charge in [-0.3, -0.25) is 9.63 Å². The molecule has 0 aliphatic rings. The zero-order valence-corrected chi connectivity index (χ0v) is 7.43. The van der Waals surface area contributed by atoms with Gasteiger partial charge in [0, 0.05) is 0 Å². The lowest BCUT2D eigenvalue weighted by atomic mass is 10.1. The van der Waals surface area contributed by atoms with E-state index in [1.165, 1.54) is 19.2 Å². The van der Waals surface area contributed by atoms with Gasteiger partial charge in [-0.25, -0.2) is 9.87 Å². The number of hydrogen-bond donors (Lipinski definition) is 1. The maximum Gasteiger partial charge on any atom is 0.277 e. The van der Waals surface area contributed by atoms with E-state index in [0.717, 1.165) is 5.56 Å². The average molecular weight is 183 g/mol. The molecule has 0 saturated heterocycles. The topological polar surface area (TPSA) is 38.3 Å². The van der Waals surface area contributed by atoms with Crippen LogP contribution in [0.2, 0.25) is 0 Å². The van der Waals surface area contributed by atoms with Crippen molar-refractivity contribution >= 4 is 5.91 Å².